The second kappa shape index (κ2) is 11.9. The van der Waals surface area contributed by atoms with E-state index in [9.17, 15) is 19.8 Å². The lowest BCUT2D eigenvalue weighted by Crippen LogP contribution is -2.68. The zero-order chi connectivity index (χ0) is 36.2. The van der Waals surface area contributed by atoms with Crippen LogP contribution in [0.5, 0.6) is 40.2 Å². The zero-order valence-corrected chi connectivity index (χ0v) is 29.7. The molecule has 274 valence electrons. The lowest BCUT2D eigenvalue weighted by molar-refractivity contribution is -0.157. The molecular weight excluding hydrogens is 672 g/mol. The first-order chi connectivity index (χ1) is 25.1. The van der Waals surface area contributed by atoms with Crippen LogP contribution >= 0.6 is 0 Å². The molecule has 6 unspecified atom stereocenters. The minimum Gasteiger partial charge on any atom is -0.504 e. The number of phenolic OH excluding ortho intramolecular Hbond substituents is 2. The summed E-state index contributed by atoms with van der Waals surface area (Å²) in [5.41, 5.74) is 4.79. The number of phenols is 2. The van der Waals surface area contributed by atoms with Crippen molar-refractivity contribution in [3.05, 3.63) is 62.7 Å². The smallest absolute Gasteiger partial charge is 0.332 e. The van der Waals surface area contributed by atoms with E-state index >= 15 is 0 Å². The van der Waals surface area contributed by atoms with Crippen LogP contribution in [0.15, 0.2) is 18.2 Å². The summed E-state index contributed by atoms with van der Waals surface area (Å²) in [5, 5.41) is 33.6. The molecule has 4 bridgehead atoms. The summed E-state index contributed by atoms with van der Waals surface area (Å²) in [7, 11) is 3.03. The third-order valence-electron chi connectivity index (χ3n) is 11.8. The number of ether oxygens (including phenoxy) is 6. The molecule has 6 atom stereocenters. The van der Waals surface area contributed by atoms with Gasteiger partial charge < -0.3 is 49.3 Å². The van der Waals surface area contributed by atoms with Gasteiger partial charge in [-0.3, -0.25) is 15.0 Å². The van der Waals surface area contributed by atoms with Gasteiger partial charge in [0.1, 0.15) is 12.4 Å². The Labute approximate surface area is 300 Å². The summed E-state index contributed by atoms with van der Waals surface area (Å²) in [5.74, 6) is 1.17. The zero-order valence-electron chi connectivity index (χ0n) is 29.7. The molecule has 2 fully saturated rings. The Bertz CT molecular complexity index is 2050. The molecule has 7 aliphatic heterocycles. The number of rotatable bonds is 3. The van der Waals surface area contributed by atoms with E-state index in [0.717, 1.165) is 27.8 Å². The topological polar surface area (TPSA) is 169 Å². The molecule has 10 rings (SSSR count). The van der Waals surface area contributed by atoms with Crippen LogP contribution in [0.4, 0.5) is 0 Å². The van der Waals surface area contributed by atoms with Gasteiger partial charge in [-0.1, -0.05) is 6.07 Å². The van der Waals surface area contributed by atoms with Gasteiger partial charge in [-0.2, -0.15) is 0 Å². The molecule has 3 aromatic carbocycles. The van der Waals surface area contributed by atoms with Gasteiger partial charge in [0.15, 0.2) is 40.0 Å². The molecule has 0 amide bonds. The molecule has 52 heavy (non-hydrogen) atoms. The minimum atomic E-state index is -1.36. The lowest BCUT2D eigenvalue weighted by Gasteiger charge is -2.58. The summed E-state index contributed by atoms with van der Waals surface area (Å²) >= 11 is 0. The van der Waals surface area contributed by atoms with Crippen LogP contribution in [-0.4, -0.2) is 86.4 Å². The standard InChI is InChI=1S/C38H42N4O10/c1-16-8-20-9-21-12-42-23-13-49-37(46)38(22-11-25(47-4)24(44)10-19(22)6-7-40-38)14-39-29(31(42)30(41-21)26(20)32(45)33(16)48-5)28-27(23)36-35(50-15-51-36)17(2)34(28)52-18(3)43/h8,10-11,21,23,29-31,39-41,44-45H,6-7,9,12-15H2,1-5H3. The Morgan fingerprint density at radius 2 is 1.79 bits per heavy atom. The number of hydrogen-bond acceptors (Lipinski definition) is 14. The van der Waals surface area contributed by atoms with E-state index < -0.39 is 35.6 Å². The number of hydrogen-bond donors (Lipinski definition) is 5. The van der Waals surface area contributed by atoms with E-state index in [-0.39, 0.29) is 49.3 Å². The number of methoxy groups -OCH3 is 2. The highest BCUT2D eigenvalue weighted by Gasteiger charge is 2.57. The second-order valence-electron chi connectivity index (χ2n) is 14.6. The van der Waals surface area contributed by atoms with Crippen LogP contribution < -0.4 is 39.6 Å². The molecule has 5 N–H and O–H groups in total. The summed E-state index contributed by atoms with van der Waals surface area (Å²) in [6.45, 7) is 6.21. The van der Waals surface area contributed by atoms with Gasteiger partial charge in [0.25, 0.3) is 0 Å². The van der Waals surface area contributed by atoms with Gasteiger partial charge in [-0.25, -0.2) is 4.79 Å². The number of esters is 2. The first-order valence-corrected chi connectivity index (χ1v) is 17.7. The van der Waals surface area contributed by atoms with Crippen molar-refractivity contribution >= 4 is 11.9 Å². The SMILES string of the molecule is COc1cc2c(cc1O)CCNC21CNC2c3c(OC(C)=O)c(C)c4c(c3C(COC1=O)N1CC3Cc5cc(C)c(OC)c(O)c5C(N3)C21)OCO4. The van der Waals surface area contributed by atoms with Gasteiger partial charge in [0.05, 0.1) is 32.3 Å². The highest BCUT2D eigenvalue weighted by molar-refractivity contribution is 5.85. The van der Waals surface area contributed by atoms with Crippen molar-refractivity contribution in [2.24, 2.45) is 0 Å². The largest absolute Gasteiger partial charge is 0.504 e. The number of nitrogens with one attached hydrogen (secondary N) is 3. The molecular formula is C38H42N4O10. The molecule has 7 heterocycles. The summed E-state index contributed by atoms with van der Waals surface area (Å²) in [6, 6.07) is 3.55. The van der Waals surface area contributed by atoms with Crippen LogP contribution in [-0.2, 0) is 32.7 Å². The quantitative estimate of drug-likeness (QED) is 0.198. The van der Waals surface area contributed by atoms with Gasteiger partial charge in [0, 0.05) is 60.9 Å². The maximum atomic E-state index is 14.6. The fourth-order valence-electron chi connectivity index (χ4n) is 9.77. The molecule has 1 spiro atoms. The highest BCUT2D eigenvalue weighted by atomic mass is 16.7. The van der Waals surface area contributed by atoms with E-state index in [1.54, 1.807) is 19.2 Å². The molecule has 0 aliphatic carbocycles. The number of aromatic hydroxyl groups is 2. The van der Waals surface area contributed by atoms with Gasteiger partial charge in [-0.05, 0) is 61.1 Å². The number of fused-ring (bicyclic) bond motifs is 9. The molecule has 2 saturated heterocycles. The Balaban J connectivity index is 1.29. The number of piperazine rings is 1. The predicted molar refractivity (Wildman–Crippen MR) is 184 cm³/mol. The maximum absolute atomic E-state index is 14.6. The minimum absolute atomic E-state index is 0.00807. The summed E-state index contributed by atoms with van der Waals surface area (Å²) in [6.07, 6.45) is 1.25. The molecule has 7 aliphatic rings. The molecule has 14 heteroatoms. The number of aryl methyl sites for hydroxylation is 1. The lowest BCUT2D eigenvalue weighted by atomic mass is 9.72. The Morgan fingerprint density at radius 1 is 0.981 bits per heavy atom. The first kappa shape index (κ1) is 33.1. The number of carbonyl (C=O) groups is 2. The van der Waals surface area contributed by atoms with Crippen LogP contribution in [0.2, 0.25) is 0 Å². The van der Waals surface area contributed by atoms with Crippen molar-refractivity contribution in [3.8, 4) is 40.2 Å². The summed E-state index contributed by atoms with van der Waals surface area (Å²) < 4.78 is 35.9. The van der Waals surface area contributed by atoms with Crippen LogP contribution in [0.1, 0.15) is 69.6 Å². The van der Waals surface area contributed by atoms with Crippen LogP contribution in [0.3, 0.4) is 0 Å². The molecule has 0 aromatic heterocycles. The first-order valence-electron chi connectivity index (χ1n) is 17.7. The van der Waals surface area contributed by atoms with Crippen molar-refractivity contribution in [2.45, 2.75) is 69.4 Å². The fraction of sp³-hybridized carbons (Fsp3) is 0.474. The highest BCUT2D eigenvalue weighted by Crippen LogP contribution is 2.59. The second-order valence-corrected chi connectivity index (χ2v) is 14.6. The normalized spacial score (nSPS) is 28.2. The average Bonchev–Trinajstić information content (AvgIpc) is 3.61. The van der Waals surface area contributed by atoms with E-state index in [1.807, 2.05) is 13.8 Å². The Kier molecular flexibility index (Phi) is 7.56. The van der Waals surface area contributed by atoms with Crippen molar-refractivity contribution in [1.29, 1.82) is 0 Å². The monoisotopic (exact) mass is 714 g/mol. The summed E-state index contributed by atoms with van der Waals surface area (Å²) in [4.78, 5) is 29.7. The third-order valence-corrected chi connectivity index (χ3v) is 11.8. The third kappa shape index (κ3) is 4.57. The van der Waals surface area contributed by atoms with Crippen molar-refractivity contribution in [3.63, 3.8) is 0 Å². The van der Waals surface area contributed by atoms with Gasteiger partial charge in [0.2, 0.25) is 6.79 Å². The van der Waals surface area contributed by atoms with Crippen molar-refractivity contribution in [1.82, 2.24) is 20.9 Å². The molecule has 0 radical (unpaired) electrons. The van der Waals surface area contributed by atoms with E-state index in [4.69, 9.17) is 28.4 Å². The molecule has 14 nitrogen and oxygen atoms in total. The number of nitrogens with zero attached hydrogens (tertiary/aromatic N) is 1. The van der Waals surface area contributed by atoms with Crippen molar-refractivity contribution in [2.75, 3.05) is 47.3 Å². The van der Waals surface area contributed by atoms with E-state index in [2.05, 4.69) is 26.9 Å². The van der Waals surface area contributed by atoms with Crippen LogP contribution in [0.25, 0.3) is 0 Å². The average molecular weight is 715 g/mol. The van der Waals surface area contributed by atoms with Gasteiger partial charge >= 0.3 is 11.9 Å². The van der Waals surface area contributed by atoms with E-state index in [1.165, 1.54) is 14.0 Å². The van der Waals surface area contributed by atoms with E-state index in [0.29, 0.717) is 65.6 Å². The Hall–Kier alpha value is -4.76. The van der Waals surface area contributed by atoms with Gasteiger partial charge in [-0.15, -0.1) is 0 Å². The molecule has 3 aromatic rings. The predicted octanol–water partition coefficient (Wildman–Crippen LogP) is 2.61. The number of benzene rings is 3. The van der Waals surface area contributed by atoms with Crippen LogP contribution in [0, 0.1) is 13.8 Å². The van der Waals surface area contributed by atoms with Crippen molar-refractivity contribution < 1.29 is 48.2 Å². The fourth-order valence-corrected chi connectivity index (χ4v) is 9.77. The number of carbonyl (C=O) groups excluding carboxylic acids is 2. The Morgan fingerprint density at radius 3 is 2.56 bits per heavy atom. The molecule has 0 saturated carbocycles. The maximum Gasteiger partial charge on any atom is 0.332 e.